The number of hydrogen-bond acceptors (Lipinski definition) is 3. The standard InChI is InChI=1S/C11H16N4O/c1-7-10(4-13-14-7)11(16)15-5-8-2-12-3-9(8)6-15/h4,8-9,12H,2-3,5-6H2,1H3,(H,13,14). The Bertz CT molecular complexity index is 402. The molecule has 0 aliphatic carbocycles. The predicted octanol–water partition coefficient (Wildman–Crippen LogP) is 0.00952. The first-order chi connectivity index (χ1) is 7.75. The summed E-state index contributed by atoms with van der Waals surface area (Å²) in [6, 6.07) is 0. The summed E-state index contributed by atoms with van der Waals surface area (Å²) >= 11 is 0. The van der Waals surface area contributed by atoms with Crippen molar-refractivity contribution < 1.29 is 4.79 Å². The molecule has 0 saturated carbocycles. The monoisotopic (exact) mass is 220 g/mol. The molecule has 0 spiro atoms. The normalized spacial score (nSPS) is 28.4. The van der Waals surface area contributed by atoms with Gasteiger partial charge < -0.3 is 10.2 Å². The van der Waals surface area contributed by atoms with Crippen LogP contribution in [0.4, 0.5) is 0 Å². The zero-order valence-electron chi connectivity index (χ0n) is 9.36. The predicted molar refractivity (Wildman–Crippen MR) is 59.1 cm³/mol. The van der Waals surface area contributed by atoms with Gasteiger partial charge in [-0.2, -0.15) is 5.10 Å². The molecule has 86 valence electrons. The molecule has 3 heterocycles. The Morgan fingerprint density at radius 3 is 2.69 bits per heavy atom. The van der Waals surface area contributed by atoms with E-state index in [2.05, 4.69) is 15.5 Å². The van der Waals surface area contributed by atoms with E-state index in [9.17, 15) is 4.79 Å². The van der Waals surface area contributed by atoms with Crippen molar-refractivity contribution in [3.8, 4) is 0 Å². The van der Waals surface area contributed by atoms with E-state index in [4.69, 9.17) is 0 Å². The van der Waals surface area contributed by atoms with Gasteiger partial charge >= 0.3 is 0 Å². The molecule has 2 atom stereocenters. The zero-order chi connectivity index (χ0) is 11.1. The third kappa shape index (κ3) is 1.43. The fraction of sp³-hybridized carbons (Fsp3) is 0.636. The average Bonchev–Trinajstić information content (AvgIpc) is 2.89. The van der Waals surface area contributed by atoms with Crippen molar-refractivity contribution in [1.82, 2.24) is 20.4 Å². The summed E-state index contributed by atoms with van der Waals surface area (Å²) in [4.78, 5) is 14.2. The molecule has 0 bridgehead atoms. The number of likely N-dealkylation sites (tertiary alicyclic amines) is 1. The largest absolute Gasteiger partial charge is 0.338 e. The van der Waals surface area contributed by atoms with Crippen molar-refractivity contribution in [3.05, 3.63) is 17.5 Å². The summed E-state index contributed by atoms with van der Waals surface area (Å²) in [7, 11) is 0. The average molecular weight is 220 g/mol. The van der Waals surface area contributed by atoms with Crippen LogP contribution in [0.3, 0.4) is 0 Å². The number of nitrogens with zero attached hydrogens (tertiary/aromatic N) is 2. The molecule has 5 heteroatoms. The second-order valence-corrected chi connectivity index (χ2v) is 4.80. The number of aromatic amines is 1. The Morgan fingerprint density at radius 1 is 1.44 bits per heavy atom. The number of nitrogens with one attached hydrogen (secondary N) is 2. The summed E-state index contributed by atoms with van der Waals surface area (Å²) in [5.74, 6) is 1.42. The van der Waals surface area contributed by atoms with E-state index in [1.165, 1.54) is 0 Å². The van der Waals surface area contributed by atoms with Gasteiger partial charge in [-0.25, -0.2) is 0 Å². The summed E-state index contributed by atoms with van der Waals surface area (Å²) in [5, 5.41) is 10.1. The molecule has 2 saturated heterocycles. The van der Waals surface area contributed by atoms with Crippen LogP contribution in [0.2, 0.25) is 0 Å². The summed E-state index contributed by atoms with van der Waals surface area (Å²) < 4.78 is 0. The quantitative estimate of drug-likeness (QED) is 0.701. The van der Waals surface area contributed by atoms with Gasteiger partial charge in [-0.15, -0.1) is 0 Å². The van der Waals surface area contributed by atoms with Gasteiger partial charge in [0.15, 0.2) is 0 Å². The smallest absolute Gasteiger partial charge is 0.257 e. The highest BCUT2D eigenvalue weighted by Crippen LogP contribution is 2.27. The van der Waals surface area contributed by atoms with Crippen molar-refractivity contribution in [2.45, 2.75) is 6.92 Å². The van der Waals surface area contributed by atoms with Crippen molar-refractivity contribution in [3.63, 3.8) is 0 Å². The van der Waals surface area contributed by atoms with E-state index in [0.29, 0.717) is 17.4 Å². The van der Waals surface area contributed by atoms with Crippen LogP contribution in [-0.4, -0.2) is 47.2 Å². The third-order valence-corrected chi connectivity index (χ3v) is 3.74. The highest BCUT2D eigenvalue weighted by Gasteiger charge is 2.38. The van der Waals surface area contributed by atoms with Gasteiger partial charge in [0, 0.05) is 31.9 Å². The van der Waals surface area contributed by atoms with Crippen LogP contribution in [0, 0.1) is 18.8 Å². The molecule has 3 rings (SSSR count). The second kappa shape index (κ2) is 3.59. The van der Waals surface area contributed by atoms with E-state index in [-0.39, 0.29) is 5.91 Å². The van der Waals surface area contributed by atoms with E-state index < -0.39 is 0 Å². The van der Waals surface area contributed by atoms with Crippen LogP contribution in [0.15, 0.2) is 6.20 Å². The summed E-state index contributed by atoms with van der Waals surface area (Å²) in [5.41, 5.74) is 1.58. The number of carbonyl (C=O) groups is 1. The number of carbonyl (C=O) groups excluding carboxylic acids is 1. The van der Waals surface area contributed by atoms with Crippen molar-refractivity contribution in [2.75, 3.05) is 26.2 Å². The first kappa shape index (κ1) is 9.84. The number of amides is 1. The Kier molecular flexibility index (Phi) is 2.21. The van der Waals surface area contributed by atoms with Crippen LogP contribution < -0.4 is 5.32 Å². The van der Waals surface area contributed by atoms with Gasteiger partial charge in [0.1, 0.15) is 0 Å². The molecule has 2 aliphatic rings. The minimum Gasteiger partial charge on any atom is -0.338 e. The lowest BCUT2D eigenvalue weighted by molar-refractivity contribution is 0.0781. The maximum Gasteiger partial charge on any atom is 0.257 e. The van der Waals surface area contributed by atoms with Crippen LogP contribution in [0.5, 0.6) is 0 Å². The van der Waals surface area contributed by atoms with Crippen LogP contribution in [0.25, 0.3) is 0 Å². The Labute approximate surface area is 94.2 Å². The summed E-state index contributed by atoms with van der Waals surface area (Å²) in [6.45, 7) is 5.78. The number of H-pyrrole nitrogens is 1. The molecule has 16 heavy (non-hydrogen) atoms. The van der Waals surface area contributed by atoms with Crippen LogP contribution in [0.1, 0.15) is 16.1 Å². The van der Waals surface area contributed by atoms with Gasteiger partial charge in [-0.05, 0) is 18.8 Å². The fourth-order valence-electron chi connectivity index (χ4n) is 2.76. The highest BCUT2D eigenvalue weighted by molar-refractivity contribution is 5.95. The molecule has 2 unspecified atom stereocenters. The fourth-order valence-corrected chi connectivity index (χ4v) is 2.76. The molecular weight excluding hydrogens is 204 g/mol. The van der Waals surface area contributed by atoms with Gasteiger partial charge in [-0.1, -0.05) is 0 Å². The molecule has 2 N–H and O–H groups in total. The molecule has 2 fully saturated rings. The molecule has 1 amide bonds. The lowest BCUT2D eigenvalue weighted by Crippen LogP contribution is -2.32. The van der Waals surface area contributed by atoms with Gasteiger partial charge in [0.25, 0.3) is 5.91 Å². The van der Waals surface area contributed by atoms with E-state index in [1.807, 2.05) is 11.8 Å². The van der Waals surface area contributed by atoms with Gasteiger partial charge in [0.05, 0.1) is 11.8 Å². The Balaban J connectivity index is 1.75. The molecule has 1 aromatic heterocycles. The molecule has 0 radical (unpaired) electrons. The first-order valence-corrected chi connectivity index (χ1v) is 5.75. The number of aromatic nitrogens is 2. The Hall–Kier alpha value is -1.36. The van der Waals surface area contributed by atoms with Crippen LogP contribution in [-0.2, 0) is 0 Å². The number of fused-ring (bicyclic) bond motifs is 1. The van der Waals surface area contributed by atoms with E-state index in [1.54, 1.807) is 6.20 Å². The number of aryl methyl sites for hydroxylation is 1. The molecular formula is C11H16N4O. The SMILES string of the molecule is Cc1[nH]ncc1C(=O)N1CC2CNCC2C1. The lowest BCUT2D eigenvalue weighted by atomic mass is 10.0. The number of hydrogen-bond donors (Lipinski definition) is 2. The van der Waals surface area contributed by atoms with Gasteiger partial charge in [0.2, 0.25) is 0 Å². The lowest BCUT2D eigenvalue weighted by Gasteiger charge is -2.16. The van der Waals surface area contributed by atoms with Crippen molar-refractivity contribution in [1.29, 1.82) is 0 Å². The Morgan fingerprint density at radius 2 is 2.12 bits per heavy atom. The van der Waals surface area contributed by atoms with Crippen molar-refractivity contribution >= 4 is 5.91 Å². The zero-order valence-corrected chi connectivity index (χ0v) is 9.36. The maximum atomic E-state index is 12.2. The molecule has 5 nitrogen and oxygen atoms in total. The third-order valence-electron chi connectivity index (χ3n) is 3.74. The highest BCUT2D eigenvalue weighted by atomic mass is 16.2. The molecule has 2 aliphatic heterocycles. The molecule has 1 aromatic rings. The van der Waals surface area contributed by atoms with Gasteiger partial charge in [-0.3, -0.25) is 9.89 Å². The maximum absolute atomic E-state index is 12.2. The second-order valence-electron chi connectivity index (χ2n) is 4.80. The summed E-state index contributed by atoms with van der Waals surface area (Å²) in [6.07, 6.45) is 1.63. The van der Waals surface area contributed by atoms with E-state index >= 15 is 0 Å². The minimum absolute atomic E-state index is 0.126. The van der Waals surface area contributed by atoms with E-state index in [0.717, 1.165) is 31.9 Å². The molecule has 0 aromatic carbocycles. The number of rotatable bonds is 1. The van der Waals surface area contributed by atoms with Crippen LogP contribution >= 0.6 is 0 Å². The first-order valence-electron chi connectivity index (χ1n) is 5.75. The minimum atomic E-state index is 0.126. The topological polar surface area (TPSA) is 61.0 Å². The van der Waals surface area contributed by atoms with Crippen molar-refractivity contribution in [2.24, 2.45) is 11.8 Å².